The third kappa shape index (κ3) is 1.87. The van der Waals surface area contributed by atoms with E-state index in [0.29, 0.717) is 13.0 Å². The molecule has 72 valence electrons. The Morgan fingerprint density at radius 1 is 1.14 bits per heavy atom. The lowest BCUT2D eigenvalue weighted by Crippen LogP contribution is -2.11. The summed E-state index contributed by atoms with van der Waals surface area (Å²) in [4.78, 5) is 19.2. The van der Waals surface area contributed by atoms with Gasteiger partial charge in [0.15, 0.2) is 0 Å². The molecule has 0 aromatic carbocycles. The van der Waals surface area contributed by atoms with E-state index in [0.717, 1.165) is 0 Å². The Hall–Kier alpha value is -1.91. The lowest BCUT2D eigenvalue weighted by atomic mass is 10.4. The molecule has 0 atom stereocenters. The molecule has 0 unspecified atom stereocenters. The van der Waals surface area contributed by atoms with Crippen molar-refractivity contribution >= 4 is 5.91 Å². The quantitative estimate of drug-likeness (QED) is 0.719. The molecule has 0 radical (unpaired) electrons. The summed E-state index contributed by atoms with van der Waals surface area (Å²) in [6, 6.07) is 0. The molecule has 0 bridgehead atoms. The Kier molecular flexibility index (Phi) is 2.40. The Labute approximate surface area is 81.0 Å². The summed E-state index contributed by atoms with van der Waals surface area (Å²) in [5.74, 6) is 0.0381. The first kappa shape index (κ1) is 8.68. The Bertz CT molecular complexity index is 390. The first-order valence-corrected chi connectivity index (χ1v) is 4.33. The molecular formula is C9H10N4O. The normalized spacial score (nSPS) is 10.3. The molecule has 0 fully saturated rings. The van der Waals surface area contributed by atoms with E-state index in [1.807, 2.05) is 10.8 Å². The van der Waals surface area contributed by atoms with Crippen molar-refractivity contribution in [1.82, 2.24) is 19.1 Å². The van der Waals surface area contributed by atoms with Gasteiger partial charge in [-0.2, -0.15) is 0 Å². The van der Waals surface area contributed by atoms with Crippen LogP contribution in [0.4, 0.5) is 0 Å². The maximum Gasteiger partial charge on any atom is 0.233 e. The van der Waals surface area contributed by atoms with E-state index >= 15 is 0 Å². The van der Waals surface area contributed by atoms with Gasteiger partial charge in [0.25, 0.3) is 0 Å². The van der Waals surface area contributed by atoms with Gasteiger partial charge < -0.3 is 4.57 Å². The molecule has 5 heteroatoms. The number of imidazole rings is 2. The summed E-state index contributed by atoms with van der Waals surface area (Å²) >= 11 is 0. The predicted molar refractivity (Wildman–Crippen MR) is 49.7 cm³/mol. The number of hydrogen-bond donors (Lipinski definition) is 0. The summed E-state index contributed by atoms with van der Waals surface area (Å²) in [5, 5.41) is 0. The van der Waals surface area contributed by atoms with Gasteiger partial charge in [-0.05, 0) is 0 Å². The second-order valence-corrected chi connectivity index (χ2v) is 2.91. The second kappa shape index (κ2) is 3.87. The Balaban J connectivity index is 1.90. The highest BCUT2D eigenvalue weighted by atomic mass is 16.2. The largest absolute Gasteiger partial charge is 0.337 e. The van der Waals surface area contributed by atoms with Crippen LogP contribution < -0.4 is 0 Å². The lowest BCUT2D eigenvalue weighted by Gasteiger charge is -2.01. The molecule has 0 aliphatic carbocycles. The van der Waals surface area contributed by atoms with Gasteiger partial charge in [0.2, 0.25) is 5.91 Å². The van der Waals surface area contributed by atoms with Crippen LogP contribution in [0.3, 0.4) is 0 Å². The van der Waals surface area contributed by atoms with Gasteiger partial charge in [0.1, 0.15) is 6.33 Å². The molecule has 0 saturated heterocycles. The number of carbonyl (C=O) groups excluding carboxylic acids is 1. The van der Waals surface area contributed by atoms with E-state index in [-0.39, 0.29) is 5.91 Å². The van der Waals surface area contributed by atoms with Crippen molar-refractivity contribution < 1.29 is 4.79 Å². The number of rotatable bonds is 3. The van der Waals surface area contributed by atoms with Crippen molar-refractivity contribution in [3.63, 3.8) is 0 Å². The van der Waals surface area contributed by atoms with Crippen LogP contribution in [0, 0.1) is 0 Å². The van der Waals surface area contributed by atoms with Gasteiger partial charge in [0.05, 0.1) is 6.33 Å². The second-order valence-electron chi connectivity index (χ2n) is 2.91. The zero-order valence-corrected chi connectivity index (χ0v) is 7.58. The third-order valence-electron chi connectivity index (χ3n) is 1.94. The highest BCUT2D eigenvalue weighted by molar-refractivity contribution is 5.78. The first-order valence-electron chi connectivity index (χ1n) is 4.33. The number of aromatic nitrogens is 4. The average Bonchev–Trinajstić information content (AvgIpc) is 2.87. The van der Waals surface area contributed by atoms with Gasteiger partial charge in [-0.1, -0.05) is 0 Å². The number of hydrogen-bond acceptors (Lipinski definition) is 3. The van der Waals surface area contributed by atoms with Crippen LogP contribution in [-0.4, -0.2) is 25.0 Å². The average molecular weight is 190 g/mol. The fraction of sp³-hybridized carbons (Fsp3) is 0.222. The van der Waals surface area contributed by atoms with Crippen molar-refractivity contribution in [2.75, 3.05) is 0 Å². The Morgan fingerprint density at radius 3 is 2.57 bits per heavy atom. The van der Waals surface area contributed by atoms with Crippen LogP contribution >= 0.6 is 0 Å². The fourth-order valence-electron chi connectivity index (χ4n) is 1.18. The highest BCUT2D eigenvalue weighted by Gasteiger charge is 2.03. The molecule has 0 amide bonds. The zero-order chi connectivity index (χ0) is 9.80. The van der Waals surface area contributed by atoms with Crippen LogP contribution in [0.2, 0.25) is 0 Å². The van der Waals surface area contributed by atoms with Crippen LogP contribution in [-0.2, 0) is 6.54 Å². The smallest absolute Gasteiger partial charge is 0.233 e. The van der Waals surface area contributed by atoms with Gasteiger partial charge in [-0.3, -0.25) is 9.36 Å². The van der Waals surface area contributed by atoms with Crippen molar-refractivity contribution in [3.05, 3.63) is 37.4 Å². The number of aryl methyl sites for hydroxylation is 1. The van der Waals surface area contributed by atoms with E-state index in [2.05, 4.69) is 9.97 Å². The molecule has 0 spiro atoms. The number of nitrogens with zero attached hydrogens (tertiary/aromatic N) is 4. The molecular weight excluding hydrogens is 180 g/mol. The van der Waals surface area contributed by atoms with Gasteiger partial charge >= 0.3 is 0 Å². The molecule has 2 heterocycles. The first-order chi connectivity index (χ1) is 6.86. The van der Waals surface area contributed by atoms with E-state index in [1.54, 1.807) is 24.9 Å². The molecule has 14 heavy (non-hydrogen) atoms. The van der Waals surface area contributed by atoms with Crippen molar-refractivity contribution in [3.8, 4) is 0 Å². The van der Waals surface area contributed by atoms with Crippen LogP contribution in [0.5, 0.6) is 0 Å². The maximum atomic E-state index is 11.5. The monoisotopic (exact) mass is 190 g/mol. The van der Waals surface area contributed by atoms with Crippen LogP contribution in [0.15, 0.2) is 37.4 Å². The minimum atomic E-state index is 0.0381. The minimum Gasteiger partial charge on any atom is -0.337 e. The summed E-state index contributed by atoms with van der Waals surface area (Å²) < 4.78 is 3.35. The van der Waals surface area contributed by atoms with Gasteiger partial charge in [-0.25, -0.2) is 9.97 Å². The summed E-state index contributed by atoms with van der Waals surface area (Å²) in [7, 11) is 0. The number of carbonyl (C=O) groups is 1. The van der Waals surface area contributed by atoms with Gasteiger partial charge in [0, 0.05) is 37.8 Å². The van der Waals surface area contributed by atoms with Crippen LogP contribution in [0.1, 0.15) is 11.2 Å². The summed E-state index contributed by atoms with van der Waals surface area (Å²) in [5.41, 5.74) is 0. The van der Waals surface area contributed by atoms with E-state index in [4.69, 9.17) is 0 Å². The molecule has 2 aromatic heterocycles. The van der Waals surface area contributed by atoms with Crippen molar-refractivity contribution in [2.24, 2.45) is 0 Å². The lowest BCUT2D eigenvalue weighted by molar-refractivity contribution is 0.0896. The predicted octanol–water partition coefficient (Wildman–Crippen LogP) is 0.810. The van der Waals surface area contributed by atoms with E-state index < -0.39 is 0 Å². The molecule has 2 aromatic rings. The summed E-state index contributed by atoms with van der Waals surface area (Å²) in [6.45, 7) is 0.650. The topological polar surface area (TPSA) is 52.7 Å². The SMILES string of the molecule is O=C(CCn1ccnc1)n1ccnc1. The summed E-state index contributed by atoms with van der Waals surface area (Å²) in [6.07, 6.45) is 10.4. The minimum absolute atomic E-state index is 0.0381. The van der Waals surface area contributed by atoms with Crippen LogP contribution in [0.25, 0.3) is 0 Å². The van der Waals surface area contributed by atoms with Gasteiger partial charge in [-0.15, -0.1) is 0 Å². The van der Waals surface area contributed by atoms with E-state index in [9.17, 15) is 4.79 Å². The molecule has 0 N–H and O–H groups in total. The standard InChI is InChI=1S/C9H10N4O/c14-9(13-6-3-11-8-13)1-4-12-5-2-10-7-12/h2-3,5-8H,1,4H2. The zero-order valence-electron chi connectivity index (χ0n) is 7.58. The van der Waals surface area contributed by atoms with Crippen molar-refractivity contribution in [2.45, 2.75) is 13.0 Å². The molecule has 0 aliphatic rings. The highest BCUT2D eigenvalue weighted by Crippen LogP contribution is 1.95. The maximum absolute atomic E-state index is 11.5. The molecule has 0 aliphatic heterocycles. The Morgan fingerprint density at radius 2 is 1.93 bits per heavy atom. The molecule has 5 nitrogen and oxygen atoms in total. The van der Waals surface area contributed by atoms with Crippen molar-refractivity contribution in [1.29, 1.82) is 0 Å². The van der Waals surface area contributed by atoms with E-state index in [1.165, 1.54) is 10.9 Å². The third-order valence-corrected chi connectivity index (χ3v) is 1.94. The molecule has 2 rings (SSSR count). The fourth-order valence-corrected chi connectivity index (χ4v) is 1.18. The molecule has 0 saturated carbocycles.